The summed E-state index contributed by atoms with van der Waals surface area (Å²) < 4.78 is 10.5. The van der Waals surface area contributed by atoms with Gasteiger partial charge in [0.1, 0.15) is 17.2 Å². The van der Waals surface area contributed by atoms with Gasteiger partial charge in [0.05, 0.1) is 13.5 Å². The molecule has 0 atom stereocenters. The lowest BCUT2D eigenvalue weighted by molar-refractivity contribution is -0.121. The molecule has 1 saturated carbocycles. The molecule has 0 saturated heterocycles. The maximum atomic E-state index is 12.7. The summed E-state index contributed by atoms with van der Waals surface area (Å²) >= 11 is 0. The van der Waals surface area contributed by atoms with E-state index in [0.717, 1.165) is 36.9 Å². The van der Waals surface area contributed by atoms with Crippen LogP contribution in [-0.2, 0) is 11.2 Å². The Morgan fingerprint density at radius 1 is 1.15 bits per heavy atom. The van der Waals surface area contributed by atoms with Gasteiger partial charge in [0, 0.05) is 49.9 Å². The van der Waals surface area contributed by atoms with Crippen molar-refractivity contribution >= 4 is 28.6 Å². The predicted octanol–water partition coefficient (Wildman–Crippen LogP) is 2.74. The summed E-state index contributed by atoms with van der Waals surface area (Å²) in [5, 5.41) is 7.26. The first-order chi connectivity index (χ1) is 15.9. The van der Waals surface area contributed by atoms with E-state index in [-0.39, 0.29) is 24.4 Å². The Balaban J connectivity index is 1.33. The largest absolute Gasteiger partial charge is 0.497 e. The van der Waals surface area contributed by atoms with Gasteiger partial charge in [-0.15, -0.1) is 0 Å². The Kier molecular flexibility index (Phi) is 6.76. The molecule has 0 unspecified atom stereocenters. The maximum Gasteiger partial charge on any atom is 0.336 e. The Bertz CT molecular complexity index is 1180. The molecule has 0 aliphatic heterocycles. The van der Waals surface area contributed by atoms with E-state index >= 15 is 0 Å². The molecule has 33 heavy (non-hydrogen) atoms. The highest BCUT2D eigenvalue weighted by atomic mass is 16.5. The van der Waals surface area contributed by atoms with Crippen molar-refractivity contribution in [1.29, 1.82) is 0 Å². The SMILES string of the molecule is COc1ccc2c(CC(=O)N[C@H]3CC[C@@H](Nc4nccc(N(C)C)n4)CC3)cc(=O)oc2c1. The lowest BCUT2D eigenvalue weighted by atomic mass is 9.91. The molecule has 1 aliphatic carbocycles. The van der Waals surface area contributed by atoms with E-state index in [9.17, 15) is 9.59 Å². The van der Waals surface area contributed by atoms with Crippen molar-refractivity contribution < 1.29 is 13.9 Å². The molecule has 174 valence electrons. The number of fused-ring (bicyclic) bond motifs is 1. The minimum Gasteiger partial charge on any atom is -0.497 e. The first-order valence-corrected chi connectivity index (χ1v) is 11.1. The quantitative estimate of drug-likeness (QED) is 0.528. The summed E-state index contributed by atoms with van der Waals surface area (Å²) in [6, 6.07) is 8.89. The van der Waals surface area contributed by atoms with E-state index in [1.54, 1.807) is 25.4 Å². The van der Waals surface area contributed by atoms with Crippen molar-refractivity contribution in [2.75, 3.05) is 31.4 Å². The molecule has 4 rings (SSSR count). The molecule has 0 spiro atoms. The van der Waals surface area contributed by atoms with Crippen LogP contribution in [-0.4, -0.2) is 49.2 Å². The molecule has 9 heteroatoms. The van der Waals surface area contributed by atoms with Crippen molar-refractivity contribution in [2.45, 2.75) is 44.2 Å². The number of nitrogens with zero attached hydrogens (tertiary/aromatic N) is 3. The zero-order valence-electron chi connectivity index (χ0n) is 19.1. The molecule has 0 radical (unpaired) electrons. The zero-order valence-corrected chi connectivity index (χ0v) is 19.1. The number of ether oxygens (including phenoxy) is 1. The summed E-state index contributed by atoms with van der Waals surface area (Å²) in [4.78, 5) is 35.5. The first-order valence-electron chi connectivity index (χ1n) is 11.1. The van der Waals surface area contributed by atoms with Gasteiger partial charge in [-0.3, -0.25) is 4.79 Å². The van der Waals surface area contributed by atoms with Crippen molar-refractivity contribution in [3.05, 3.63) is 52.5 Å². The molecule has 0 bridgehead atoms. The van der Waals surface area contributed by atoms with Gasteiger partial charge in [-0.25, -0.2) is 9.78 Å². The van der Waals surface area contributed by atoms with Gasteiger partial charge in [0.25, 0.3) is 0 Å². The van der Waals surface area contributed by atoms with Crippen LogP contribution < -0.4 is 25.9 Å². The smallest absolute Gasteiger partial charge is 0.336 e. The third-order valence-electron chi connectivity index (χ3n) is 5.91. The molecule has 2 heterocycles. The third-order valence-corrected chi connectivity index (χ3v) is 5.91. The topological polar surface area (TPSA) is 110 Å². The molecule has 9 nitrogen and oxygen atoms in total. The molecular formula is C24H29N5O4. The van der Waals surface area contributed by atoms with Crippen LogP contribution in [0, 0.1) is 0 Å². The van der Waals surface area contributed by atoms with Crippen LogP contribution in [0.1, 0.15) is 31.2 Å². The van der Waals surface area contributed by atoms with Gasteiger partial charge < -0.3 is 24.7 Å². The fourth-order valence-electron chi connectivity index (χ4n) is 4.17. The van der Waals surface area contributed by atoms with Gasteiger partial charge in [-0.05, 0) is 49.4 Å². The van der Waals surface area contributed by atoms with E-state index in [0.29, 0.717) is 22.8 Å². The molecule has 2 aromatic heterocycles. The van der Waals surface area contributed by atoms with E-state index in [1.165, 1.54) is 6.07 Å². The normalized spacial score (nSPS) is 18.0. The number of carbonyl (C=O) groups excluding carboxylic acids is 1. The van der Waals surface area contributed by atoms with Crippen molar-refractivity contribution in [1.82, 2.24) is 15.3 Å². The zero-order chi connectivity index (χ0) is 23.4. The van der Waals surface area contributed by atoms with Crippen molar-refractivity contribution in [3.63, 3.8) is 0 Å². The van der Waals surface area contributed by atoms with E-state index in [4.69, 9.17) is 9.15 Å². The van der Waals surface area contributed by atoms with Gasteiger partial charge in [0.15, 0.2) is 0 Å². The maximum absolute atomic E-state index is 12.7. The standard InChI is InChI=1S/C24H29N5O4/c1-29(2)21-10-11-25-24(28-21)27-17-6-4-16(5-7-17)26-22(30)12-15-13-23(31)33-20-14-18(32-3)8-9-19(15)20/h8-11,13-14,16-17H,4-7,12H2,1-3H3,(H,26,30)(H,25,27,28)/t16-,17+. The minimum absolute atomic E-state index is 0.101. The number of hydrogen-bond acceptors (Lipinski definition) is 8. The van der Waals surface area contributed by atoms with Gasteiger partial charge in [-0.1, -0.05) is 0 Å². The average molecular weight is 452 g/mol. The molecule has 2 N–H and O–H groups in total. The Morgan fingerprint density at radius 3 is 2.64 bits per heavy atom. The van der Waals surface area contributed by atoms with Crippen LogP contribution in [0.25, 0.3) is 11.0 Å². The van der Waals surface area contributed by atoms with Crippen LogP contribution in [0.4, 0.5) is 11.8 Å². The summed E-state index contributed by atoms with van der Waals surface area (Å²) in [6.07, 6.45) is 5.44. The summed E-state index contributed by atoms with van der Waals surface area (Å²) in [5.41, 5.74) is 0.581. The van der Waals surface area contributed by atoms with Crippen LogP contribution in [0.5, 0.6) is 5.75 Å². The van der Waals surface area contributed by atoms with E-state index in [1.807, 2.05) is 31.1 Å². The number of methoxy groups -OCH3 is 1. The Hall–Kier alpha value is -3.62. The number of anilines is 2. The lowest BCUT2D eigenvalue weighted by Gasteiger charge is -2.29. The first kappa shape index (κ1) is 22.6. The lowest BCUT2D eigenvalue weighted by Crippen LogP contribution is -2.41. The second kappa shape index (κ2) is 9.89. The Morgan fingerprint density at radius 2 is 1.91 bits per heavy atom. The fraction of sp³-hybridized carbons (Fsp3) is 0.417. The average Bonchev–Trinajstić information content (AvgIpc) is 2.80. The van der Waals surface area contributed by atoms with Crippen LogP contribution in [0.2, 0.25) is 0 Å². The van der Waals surface area contributed by atoms with Crippen LogP contribution in [0.15, 0.2) is 45.7 Å². The van der Waals surface area contributed by atoms with Gasteiger partial charge >= 0.3 is 5.63 Å². The van der Waals surface area contributed by atoms with E-state index < -0.39 is 5.63 Å². The van der Waals surface area contributed by atoms with E-state index in [2.05, 4.69) is 20.6 Å². The number of nitrogens with one attached hydrogen (secondary N) is 2. The summed E-state index contributed by atoms with van der Waals surface area (Å²) in [7, 11) is 5.44. The number of hydrogen-bond donors (Lipinski definition) is 2. The van der Waals surface area contributed by atoms with Crippen LogP contribution >= 0.6 is 0 Å². The number of aromatic nitrogens is 2. The summed E-state index contributed by atoms with van der Waals surface area (Å²) in [5.74, 6) is 1.97. The molecule has 1 aromatic carbocycles. The molecule has 3 aromatic rings. The fourth-order valence-corrected chi connectivity index (χ4v) is 4.17. The highest BCUT2D eigenvalue weighted by Crippen LogP contribution is 2.24. The van der Waals surface area contributed by atoms with Crippen molar-refractivity contribution in [2.24, 2.45) is 0 Å². The molecule has 1 amide bonds. The molecule has 1 fully saturated rings. The molecular weight excluding hydrogens is 422 g/mol. The number of carbonyl (C=O) groups is 1. The monoisotopic (exact) mass is 451 g/mol. The second-order valence-electron chi connectivity index (χ2n) is 8.52. The predicted molar refractivity (Wildman–Crippen MR) is 127 cm³/mol. The van der Waals surface area contributed by atoms with Crippen LogP contribution in [0.3, 0.4) is 0 Å². The highest BCUT2D eigenvalue weighted by Gasteiger charge is 2.23. The second-order valence-corrected chi connectivity index (χ2v) is 8.52. The number of rotatable bonds is 7. The molecule has 1 aliphatic rings. The number of benzene rings is 1. The third kappa shape index (κ3) is 5.60. The van der Waals surface area contributed by atoms with Gasteiger partial charge in [0.2, 0.25) is 11.9 Å². The number of amides is 1. The minimum atomic E-state index is -0.481. The van der Waals surface area contributed by atoms with Gasteiger partial charge in [-0.2, -0.15) is 4.98 Å². The van der Waals surface area contributed by atoms with Crippen molar-refractivity contribution in [3.8, 4) is 5.75 Å². The highest BCUT2D eigenvalue weighted by molar-refractivity contribution is 5.87. The summed E-state index contributed by atoms with van der Waals surface area (Å²) in [6.45, 7) is 0. The Labute approximate surface area is 192 Å².